The van der Waals surface area contributed by atoms with Gasteiger partial charge in [0.15, 0.2) is 0 Å². The van der Waals surface area contributed by atoms with E-state index in [1.165, 1.54) is 12.8 Å². The van der Waals surface area contributed by atoms with E-state index < -0.39 is 0 Å². The van der Waals surface area contributed by atoms with Crippen LogP contribution in [0.25, 0.3) is 0 Å². The van der Waals surface area contributed by atoms with Gasteiger partial charge in [-0.15, -0.1) is 0 Å². The van der Waals surface area contributed by atoms with E-state index in [1.807, 2.05) is 0 Å². The summed E-state index contributed by atoms with van der Waals surface area (Å²) in [7, 11) is 0. The molecule has 0 heterocycles. The lowest BCUT2D eigenvalue weighted by Crippen LogP contribution is -1.84. The van der Waals surface area contributed by atoms with Crippen molar-refractivity contribution in [2.75, 3.05) is 0 Å². The number of alkyl halides is 1. The zero-order valence-corrected chi connectivity index (χ0v) is 5.96. The molecule has 1 heteroatoms. The van der Waals surface area contributed by atoms with Crippen molar-refractivity contribution in [2.24, 2.45) is 0 Å². The van der Waals surface area contributed by atoms with Crippen molar-refractivity contribution in [3.05, 3.63) is 0 Å². The first-order valence-corrected chi connectivity index (χ1v) is 3.33. The Balaban J connectivity index is 2.63. The summed E-state index contributed by atoms with van der Waals surface area (Å²) in [5, 5.41) is 0. The van der Waals surface area contributed by atoms with Gasteiger partial charge in [0, 0.05) is 4.83 Å². The normalized spacial score (nSPS) is 14.5. The van der Waals surface area contributed by atoms with E-state index in [0.717, 1.165) is 0 Å². The van der Waals surface area contributed by atoms with Crippen molar-refractivity contribution in [2.45, 2.75) is 31.5 Å². The molecule has 0 saturated heterocycles. The van der Waals surface area contributed by atoms with Crippen molar-refractivity contribution in [3.63, 3.8) is 0 Å². The van der Waals surface area contributed by atoms with E-state index in [2.05, 4.69) is 29.8 Å². The Hall–Kier alpha value is 0.480. The first-order chi connectivity index (χ1) is 2.77. The van der Waals surface area contributed by atoms with Gasteiger partial charge in [0.1, 0.15) is 0 Å². The van der Waals surface area contributed by atoms with Crippen LogP contribution in [0.4, 0.5) is 0 Å². The van der Waals surface area contributed by atoms with Crippen molar-refractivity contribution in [1.29, 1.82) is 0 Å². The summed E-state index contributed by atoms with van der Waals surface area (Å²) >= 11 is 3.43. The molecule has 0 nitrogen and oxygen atoms in total. The molecular formula is C5H11Br. The van der Waals surface area contributed by atoms with E-state index in [9.17, 15) is 0 Å². The van der Waals surface area contributed by atoms with Crippen LogP contribution in [-0.2, 0) is 0 Å². The van der Waals surface area contributed by atoms with E-state index in [1.54, 1.807) is 0 Å². The second-order valence-electron chi connectivity index (χ2n) is 1.57. The minimum atomic E-state index is 0.711. The fourth-order valence-corrected chi connectivity index (χ4v) is 0.856. The Kier molecular flexibility index (Phi) is 3.96. The van der Waals surface area contributed by atoms with Crippen molar-refractivity contribution >= 4 is 15.9 Å². The highest BCUT2D eigenvalue weighted by Gasteiger charge is 1.87. The van der Waals surface area contributed by atoms with E-state index in [-0.39, 0.29) is 0 Å². The summed E-state index contributed by atoms with van der Waals surface area (Å²) in [6, 6.07) is 0. The fraction of sp³-hybridized carbons (Fsp3) is 1.00. The molecule has 0 N–H and O–H groups in total. The zero-order valence-electron chi connectivity index (χ0n) is 4.37. The summed E-state index contributed by atoms with van der Waals surface area (Å²) < 4.78 is 0. The Morgan fingerprint density at radius 3 is 2.17 bits per heavy atom. The first kappa shape index (κ1) is 6.48. The average molecular weight is 151 g/mol. The maximum absolute atomic E-state index is 3.43. The van der Waals surface area contributed by atoms with Gasteiger partial charge in [0.2, 0.25) is 0 Å². The molecule has 0 aliphatic carbocycles. The molecule has 0 rings (SSSR count). The van der Waals surface area contributed by atoms with Gasteiger partial charge in [-0.1, -0.05) is 36.2 Å². The lowest BCUT2D eigenvalue weighted by atomic mass is 10.3. The molecule has 0 saturated carbocycles. The standard InChI is InChI=1S/C5H11Br/c1-3-4-5(2)6/h5H,3-4H2,1-2H3/t5-/m0/s1. The van der Waals surface area contributed by atoms with Crippen LogP contribution in [-0.4, -0.2) is 4.83 Å². The molecule has 0 aromatic heterocycles. The van der Waals surface area contributed by atoms with Gasteiger partial charge in [-0.25, -0.2) is 0 Å². The molecule has 0 aliphatic heterocycles. The number of hydrogen-bond acceptors (Lipinski definition) is 0. The third-order valence-corrected chi connectivity index (χ3v) is 1.14. The van der Waals surface area contributed by atoms with Gasteiger partial charge in [0.05, 0.1) is 0 Å². The van der Waals surface area contributed by atoms with Crippen molar-refractivity contribution < 1.29 is 0 Å². The molecule has 0 spiro atoms. The van der Waals surface area contributed by atoms with Crippen LogP contribution in [0.1, 0.15) is 26.7 Å². The van der Waals surface area contributed by atoms with Crippen LogP contribution in [0.15, 0.2) is 0 Å². The Bertz CT molecular complexity index is 25.1. The highest BCUT2D eigenvalue weighted by atomic mass is 79.9. The largest absolute Gasteiger partial charge is 0.0894 e. The van der Waals surface area contributed by atoms with Crippen LogP contribution in [0.2, 0.25) is 0 Å². The van der Waals surface area contributed by atoms with E-state index in [4.69, 9.17) is 0 Å². The molecule has 0 aromatic carbocycles. The Morgan fingerprint density at radius 2 is 2.17 bits per heavy atom. The molecule has 0 bridgehead atoms. The molecule has 0 aliphatic rings. The zero-order chi connectivity index (χ0) is 4.99. The van der Waals surface area contributed by atoms with Crippen LogP contribution in [0, 0.1) is 0 Å². The topological polar surface area (TPSA) is 0 Å². The van der Waals surface area contributed by atoms with Gasteiger partial charge >= 0.3 is 0 Å². The van der Waals surface area contributed by atoms with Crippen LogP contribution < -0.4 is 0 Å². The fourth-order valence-electron chi connectivity index (χ4n) is 0.398. The summed E-state index contributed by atoms with van der Waals surface area (Å²) in [5.41, 5.74) is 0. The van der Waals surface area contributed by atoms with E-state index in [0.29, 0.717) is 4.83 Å². The quantitative estimate of drug-likeness (QED) is 0.532. The van der Waals surface area contributed by atoms with Gasteiger partial charge in [0.25, 0.3) is 0 Å². The van der Waals surface area contributed by atoms with Crippen LogP contribution in [0.5, 0.6) is 0 Å². The van der Waals surface area contributed by atoms with Crippen LogP contribution >= 0.6 is 15.9 Å². The smallest absolute Gasteiger partial charge is 0.0117 e. The third-order valence-electron chi connectivity index (χ3n) is 0.686. The number of rotatable bonds is 2. The van der Waals surface area contributed by atoms with E-state index >= 15 is 0 Å². The molecule has 0 fully saturated rings. The van der Waals surface area contributed by atoms with Gasteiger partial charge < -0.3 is 0 Å². The summed E-state index contributed by atoms with van der Waals surface area (Å²) in [6.45, 7) is 4.36. The maximum Gasteiger partial charge on any atom is 0.0117 e. The summed E-state index contributed by atoms with van der Waals surface area (Å²) in [5.74, 6) is 0. The molecule has 0 unspecified atom stereocenters. The average Bonchev–Trinajstić information content (AvgIpc) is 1.35. The SMILES string of the molecule is CCC[C@H](C)Br. The van der Waals surface area contributed by atoms with Gasteiger partial charge in [-0.05, 0) is 6.42 Å². The first-order valence-electron chi connectivity index (χ1n) is 2.41. The van der Waals surface area contributed by atoms with Gasteiger partial charge in [-0.3, -0.25) is 0 Å². The van der Waals surface area contributed by atoms with Gasteiger partial charge in [-0.2, -0.15) is 0 Å². The number of halogens is 1. The van der Waals surface area contributed by atoms with Crippen molar-refractivity contribution in [1.82, 2.24) is 0 Å². The molecule has 1 atom stereocenters. The summed E-state index contributed by atoms with van der Waals surface area (Å²) in [6.07, 6.45) is 2.58. The second kappa shape index (κ2) is 3.66. The molecule has 6 heavy (non-hydrogen) atoms. The minimum Gasteiger partial charge on any atom is -0.0894 e. The molecule has 0 aromatic rings. The minimum absolute atomic E-state index is 0.711. The molecule has 0 amide bonds. The predicted octanol–water partition coefficient (Wildman–Crippen LogP) is 2.57. The Labute approximate surface area is 48.1 Å². The molecule has 0 radical (unpaired) electrons. The lowest BCUT2D eigenvalue weighted by Gasteiger charge is -1.93. The number of hydrogen-bond donors (Lipinski definition) is 0. The lowest BCUT2D eigenvalue weighted by molar-refractivity contribution is 0.797. The summed E-state index contributed by atoms with van der Waals surface area (Å²) in [4.78, 5) is 0.711. The molecular weight excluding hydrogens is 140 g/mol. The Morgan fingerprint density at radius 1 is 1.67 bits per heavy atom. The predicted molar refractivity (Wildman–Crippen MR) is 33.3 cm³/mol. The van der Waals surface area contributed by atoms with Crippen LogP contribution in [0.3, 0.4) is 0 Å². The highest BCUT2D eigenvalue weighted by Crippen LogP contribution is 2.04. The third kappa shape index (κ3) is 4.48. The monoisotopic (exact) mass is 150 g/mol. The maximum atomic E-state index is 3.43. The second-order valence-corrected chi connectivity index (χ2v) is 3.13. The highest BCUT2D eigenvalue weighted by molar-refractivity contribution is 9.09. The van der Waals surface area contributed by atoms with Crippen molar-refractivity contribution in [3.8, 4) is 0 Å². The molecule has 38 valence electrons.